The summed E-state index contributed by atoms with van der Waals surface area (Å²) in [5.41, 5.74) is 2.40. The lowest BCUT2D eigenvalue weighted by Crippen LogP contribution is -2.28. The molecule has 118 valence electrons. The second kappa shape index (κ2) is 5.84. The zero-order valence-electron chi connectivity index (χ0n) is 13.6. The lowest BCUT2D eigenvalue weighted by Gasteiger charge is -2.26. The zero-order valence-corrected chi connectivity index (χ0v) is 13.6. The van der Waals surface area contributed by atoms with Crippen molar-refractivity contribution >= 4 is 16.9 Å². The van der Waals surface area contributed by atoms with Crippen molar-refractivity contribution < 1.29 is 5.11 Å². The normalized spacial score (nSPS) is 22.7. The third kappa shape index (κ3) is 3.38. The molecule has 0 amide bonds. The van der Waals surface area contributed by atoms with E-state index in [1.807, 2.05) is 6.20 Å². The summed E-state index contributed by atoms with van der Waals surface area (Å²) in [7, 11) is 0. The van der Waals surface area contributed by atoms with Crippen LogP contribution in [0.4, 0.5) is 5.95 Å². The Morgan fingerprint density at radius 2 is 1.86 bits per heavy atom. The molecule has 0 unspecified atom stereocenters. The van der Waals surface area contributed by atoms with Crippen LogP contribution in [0.3, 0.4) is 0 Å². The molecule has 2 N–H and O–H groups in total. The van der Waals surface area contributed by atoms with Gasteiger partial charge in [0, 0.05) is 17.6 Å². The largest absolute Gasteiger partial charge is 0.393 e. The third-order valence-corrected chi connectivity index (χ3v) is 4.48. The zero-order chi connectivity index (χ0) is 15.7. The Balaban J connectivity index is 1.78. The second-order valence-corrected chi connectivity index (χ2v) is 7.37. The van der Waals surface area contributed by atoms with E-state index in [9.17, 15) is 5.11 Å². The molecular formula is C18H25N3O. The highest BCUT2D eigenvalue weighted by Crippen LogP contribution is 2.26. The van der Waals surface area contributed by atoms with Gasteiger partial charge in [0.15, 0.2) is 0 Å². The lowest BCUT2D eigenvalue weighted by molar-refractivity contribution is 0.126. The number of aliphatic hydroxyl groups excluding tert-OH is 1. The Bertz CT molecular complexity index is 655. The number of nitrogens with zero attached hydrogens (tertiary/aromatic N) is 2. The highest BCUT2D eigenvalue weighted by molar-refractivity contribution is 5.79. The minimum atomic E-state index is -0.133. The van der Waals surface area contributed by atoms with E-state index in [0.717, 1.165) is 36.6 Å². The SMILES string of the molecule is CC(C)(C)c1ccc2nc(N[C@H]3CC[C@H](O)CC3)ncc2c1. The van der Waals surface area contributed by atoms with Crippen LogP contribution in [0, 0.1) is 0 Å². The summed E-state index contributed by atoms with van der Waals surface area (Å²) in [5, 5.41) is 14.1. The standard InChI is InChI=1S/C18H25N3O/c1-18(2,3)13-4-9-16-12(10-13)11-19-17(21-16)20-14-5-7-15(22)8-6-14/h4,9-11,14-15,22H,5-8H2,1-3H3,(H,19,20,21)/t14-,15-. The summed E-state index contributed by atoms with van der Waals surface area (Å²) in [6.45, 7) is 6.63. The van der Waals surface area contributed by atoms with E-state index < -0.39 is 0 Å². The molecule has 1 saturated carbocycles. The first kappa shape index (κ1) is 15.2. The number of anilines is 1. The van der Waals surface area contributed by atoms with Crippen LogP contribution < -0.4 is 5.32 Å². The van der Waals surface area contributed by atoms with Gasteiger partial charge in [-0.25, -0.2) is 9.97 Å². The fourth-order valence-electron chi connectivity index (χ4n) is 2.97. The molecule has 1 aliphatic carbocycles. The lowest BCUT2D eigenvalue weighted by atomic mass is 9.86. The van der Waals surface area contributed by atoms with Crippen LogP contribution in [0.5, 0.6) is 0 Å². The van der Waals surface area contributed by atoms with Crippen molar-refractivity contribution in [3.05, 3.63) is 30.0 Å². The quantitative estimate of drug-likeness (QED) is 0.889. The van der Waals surface area contributed by atoms with Crippen LogP contribution in [0.2, 0.25) is 0 Å². The first-order valence-electron chi connectivity index (χ1n) is 8.14. The minimum Gasteiger partial charge on any atom is -0.393 e. The van der Waals surface area contributed by atoms with Crippen molar-refractivity contribution in [3.63, 3.8) is 0 Å². The van der Waals surface area contributed by atoms with Gasteiger partial charge in [-0.1, -0.05) is 26.8 Å². The maximum atomic E-state index is 9.57. The molecule has 0 aliphatic heterocycles. The summed E-state index contributed by atoms with van der Waals surface area (Å²) in [6, 6.07) is 6.77. The Labute approximate surface area is 132 Å². The number of hydrogen-bond acceptors (Lipinski definition) is 4. The van der Waals surface area contributed by atoms with Crippen molar-refractivity contribution in [1.82, 2.24) is 9.97 Å². The van der Waals surface area contributed by atoms with Gasteiger partial charge in [-0.15, -0.1) is 0 Å². The topological polar surface area (TPSA) is 58.0 Å². The predicted octanol–water partition coefficient (Wildman–Crippen LogP) is 3.64. The molecule has 0 saturated heterocycles. The fourth-order valence-corrected chi connectivity index (χ4v) is 2.97. The maximum Gasteiger partial charge on any atom is 0.223 e. The van der Waals surface area contributed by atoms with Crippen molar-refractivity contribution in [2.24, 2.45) is 0 Å². The van der Waals surface area contributed by atoms with E-state index in [0.29, 0.717) is 12.0 Å². The number of aromatic nitrogens is 2. The molecule has 0 radical (unpaired) electrons. The summed E-state index contributed by atoms with van der Waals surface area (Å²) < 4.78 is 0. The highest BCUT2D eigenvalue weighted by atomic mass is 16.3. The summed E-state index contributed by atoms with van der Waals surface area (Å²) in [5.74, 6) is 0.692. The van der Waals surface area contributed by atoms with Crippen LogP contribution in [0.15, 0.2) is 24.4 Å². The molecular weight excluding hydrogens is 274 g/mol. The Hall–Kier alpha value is -1.68. The van der Waals surface area contributed by atoms with Crippen molar-refractivity contribution in [3.8, 4) is 0 Å². The molecule has 0 bridgehead atoms. The molecule has 3 rings (SSSR count). The summed E-state index contributed by atoms with van der Waals surface area (Å²) >= 11 is 0. The van der Waals surface area contributed by atoms with Gasteiger partial charge in [-0.2, -0.15) is 0 Å². The van der Waals surface area contributed by atoms with Crippen LogP contribution in [-0.2, 0) is 5.41 Å². The van der Waals surface area contributed by atoms with Crippen LogP contribution in [-0.4, -0.2) is 27.2 Å². The van der Waals surface area contributed by atoms with Gasteiger partial charge in [0.2, 0.25) is 5.95 Å². The predicted molar refractivity (Wildman–Crippen MR) is 90.1 cm³/mol. The molecule has 1 heterocycles. The van der Waals surface area contributed by atoms with Crippen LogP contribution >= 0.6 is 0 Å². The van der Waals surface area contributed by atoms with Gasteiger partial charge in [-0.3, -0.25) is 0 Å². The molecule has 0 atom stereocenters. The van der Waals surface area contributed by atoms with Crippen molar-refractivity contribution in [2.45, 2.75) is 64.0 Å². The van der Waals surface area contributed by atoms with Crippen LogP contribution in [0.1, 0.15) is 52.0 Å². The van der Waals surface area contributed by atoms with Crippen LogP contribution in [0.25, 0.3) is 10.9 Å². The van der Waals surface area contributed by atoms with E-state index in [1.54, 1.807) is 0 Å². The van der Waals surface area contributed by atoms with Gasteiger partial charge in [0.05, 0.1) is 11.6 Å². The van der Waals surface area contributed by atoms with Gasteiger partial charge in [-0.05, 0) is 48.8 Å². The van der Waals surface area contributed by atoms with Crippen molar-refractivity contribution in [2.75, 3.05) is 5.32 Å². The van der Waals surface area contributed by atoms with Gasteiger partial charge in [0.1, 0.15) is 0 Å². The molecule has 1 aromatic carbocycles. The molecule has 2 aromatic rings. The minimum absolute atomic E-state index is 0.133. The Kier molecular flexibility index (Phi) is 4.04. The fraction of sp³-hybridized carbons (Fsp3) is 0.556. The first-order valence-corrected chi connectivity index (χ1v) is 8.14. The van der Waals surface area contributed by atoms with Gasteiger partial charge < -0.3 is 10.4 Å². The summed E-state index contributed by atoms with van der Waals surface area (Å²) in [6.07, 6.45) is 5.45. The number of hydrogen-bond donors (Lipinski definition) is 2. The monoisotopic (exact) mass is 299 g/mol. The number of benzene rings is 1. The number of rotatable bonds is 2. The third-order valence-electron chi connectivity index (χ3n) is 4.48. The van der Waals surface area contributed by atoms with E-state index in [2.05, 4.69) is 54.3 Å². The summed E-state index contributed by atoms with van der Waals surface area (Å²) in [4.78, 5) is 9.09. The maximum absolute atomic E-state index is 9.57. The molecule has 0 spiro atoms. The van der Waals surface area contributed by atoms with E-state index in [4.69, 9.17) is 0 Å². The number of fused-ring (bicyclic) bond motifs is 1. The van der Waals surface area contributed by atoms with E-state index in [1.165, 1.54) is 5.56 Å². The van der Waals surface area contributed by atoms with Gasteiger partial charge in [0.25, 0.3) is 0 Å². The smallest absolute Gasteiger partial charge is 0.223 e. The van der Waals surface area contributed by atoms with Crippen molar-refractivity contribution in [1.29, 1.82) is 0 Å². The number of aliphatic hydroxyl groups is 1. The first-order chi connectivity index (χ1) is 10.4. The molecule has 1 aromatic heterocycles. The molecule has 1 fully saturated rings. The molecule has 22 heavy (non-hydrogen) atoms. The number of nitrogens with one attached hydrogen (secondary N) is 1. The van der Waals surface area contributed by atoms with Gasteiger partial charge >= 0.3 is 0 Å². The molecule has 4 nitrogen and oxygen atoms in total. The Morgan fingerprint density at radius 3 is 2.55 bits per heavy atom. The Morgan fingerprint density at radius 1 is 1.14 bits per heavy atom. The molecule has 4 heteroatoms. The van der Waals surface area contributed by atoms with E-state index >= 15 is 0 Å². The second-order valence-electron chi connectivity index (χ2n) is 7.37. The van der Waals surface area contributed by atoms with E-state index in [-0.39, 0.29) is 11.5 Å². The average molecular weight is 299 g/mol. The average Bonchev–Trinajstić information content (AvgIpc) is 2.48. The molecule has 1 aliphatic rings. The highest BCUT2D eigenvalue weighted by Gasteiger charge is 2.20.